The van der Waals surface area contributed by atoms with E-state index in [9.17, 15) is 53.1 Å². The lowest BCUT2D eigenvalue weighted by Crippen LogP contribution is -2.54. The molecule has 0 aromatic heterocycles. The van der Waals surface area contributed by atoms with Crippen LogP contribution in [0.1, 0.15) is 176 Å². The van der Waals surface area contributed by atoms with E-state index < -0.39 is 72.2 Å². The number of likely N-dealkylation sites (N-methyl/N-ethyl adjacent to an activating group) is 2. The number of carbonyl (C=O) groups excluding carboxylic acids is 10. The lowest BCUT2D eigenvalue weighted by atomic mass is 9.83. The van der Waals surface area contributed by atoms with E-state index in [1.165, 1.54) is 19.1 Å². The number of hydrogen-bond donors (Lipinski definition) is 6. The van der Waals surface area contributed by atoms with Gasteiger partial charge in [-0.1, -0.05) is 125 Å². The van der Waals surface area contributed by atoms with Gasteiger partial charge in [0.05, 0.1) is 55.4 Å². The fourth-order valence-electron chi connectivity index (χ4n) is 12.5. The number of benzene rings is 2. The van der Waals surface area contributed by atoms with Crippen molar-refractivity contribution in [3.8, 4) is 0 Å². The molecule has 8 N–H and O–H groups in total. The number of nitrogens with two attached hydrogens (primary N) is 2. The Kier molecular flexibility index (Phi) is 34.3. The van der Waals surface area contributed by atoms with Crippen molar-refractivity contribution in [1.29, 1.82) is 0 Å². The minimum atomic E-state index is -0.958. The predicted octanol–water partition coefficient (Wildman–Crippen LogP) is 8.34. The molecule has 510 valence electrons. The number of primary amides is 1. The number of carbonyl (C=O) groups is 10. The van der Waals surface area contributed by atoms with E-state index in [1.807, 2.05) is 85.7 Å². The molecule has 22 nitrogen and oxygen atoms in total. The highest BCUT2D eigenvalue weighted by Crippen LogP contribution is 2.33. The van der Waals surface area contributed by atoms with Gasteiger partial charge in [0.15, 0.2) is 11.6 Å². The van der Waals surface area contributed by atoms with Gasteiger partial charge in [0.1, 0.15) is 18.2 Å². The molecular weight excluding hydrogens is 1160 g/mol. The SMILES string of the molecule is CC[C@H](C)[C@@H]([C@@H](CC(=O)N1CCC[C@H]1[C@H](OC)C(C)C(=O)C[C@H](C)[C@@H](O)c1ccccc1)OC)N(C)C(=O)[C@@H](CC(=O)C(C(C)C)N(C)C(=O)OCc1ccc(NC(=O)[C@H](CCCNC(N)=O)CC(=O)C(NC(=O)CCCCCC(=O)CN)C(C)C)cc1)C(C)C. The van der Waals surface area contributed by atoms with Crippen LogP contribution in [0.3, 0.4) is 0 Å². The number of unbranched alkanes of at least 4 members (excludes halogenated alkanes) is 2. The molecule has 1 aliphatic rings. The molecule has 91 heavy (non-hydrogen) atoms. The van der Waals surface area contributed by atoms with Crippen LogP contribution in [-0.2, 0) is 59.2 Å². The fourth-order valence-corrected chi connectivity index (χ4v) is 12.5. The topological polar surface area (TPSA) is 316 Å². The number of likely N-dealkylation sites (tertiary alicyclic amines) is 1. The van der Waals surface area contributed by atoms with Crippen molar-refractivity contribution in [3.63, 3.8) is 0 Å². The van der Waals surface area contributed by atoms with Crippen LogP contribution in [0.25, 0.3) is 0 Å². The molecular formula is C69H110N8O14. The van der Waals surface area contributed by atoms with Crippen molar-refractivity contribution in [2.24, 2.45) is 58.8 Å². The third kappa shape index (κ3) is 24.7. The molecule has 0 spiro atoms. The molecule has 7 amide bonds. The summed E-state index contributed by atoms with van der Waals surface area (Å²) >= 11 is 0. The number of ketones is 4. The van der Waals surface area contributed by atoms with Gasteiger partial charge in [-0.2, -0.15) is 0 Å². The van der Waals surface area contributed by atoms with Crippen molar-refractivity contribution in [1.82, 2.24) is 25.3 Å². The van der Waals surface area contributed by atoms with Gasteiger partial charge in [0.2, 0.25) is 23.6 Å². The molecule has 22 heteroatoms. The Morgan fingerprint density at radius 1 is 0.725 bits per heavy atom. The van der Waals surface area contributed by atoms with E-state index in [2.05, 4.69) is 16.0 Å². The summed E-state index contributed by atoms with van der Waals surface area (Å²) in [5, 5.41) is 19.2. The van der Waals surface area contributed by atoms with Crippen molar-refractivity contribution < 1.29 is 67.3 Å². The maximum Gasteiger partial charge on any atom is 0.410 e. The summed E-state index contributed by atoms with van der Waals surface area (Å²) in [5.74, 6) is -5.64. The first-order valence-corrected chi connectivity index (χ1v) is 32.8. The zero-order valence-corrected chi connectivity index (χ0v) is 56.8. The standard InChI is InChI=1S/C69H110N8O14/c1-15-45(8)63(58(89-13)39-60(83)77-35-23-28-54(77)65(90-14)47(10)55(79)36-46(9)64(84)49-24-18-16-19-25-49)75(11)67(86)53(42(2)3)38-57(81)62(44(6)7)76(12)69(88)91-41-48-30-32-51(33-31-48)73-66(85)50(26-22-34-72-68(71)87)37-56(80)61(43(4)5)74-59(82)29-21-17-20-27-52(78)40-70/h16,18-19,24-25,30-33,42-47,50,53-54,58,61-65,84H,15,17,20-23,26-29,34-41,70H2,1-14H3,(H,73,85)(H,74,82)(H3,71,72,87)/t45-,46-,47?,50+,53-,54-,58+,61?,62?,63-,64+,65+/m0/s1. The predicted molar refractivity (Wildman–Crippen MR) is 350 cm³/mol. The minimum absolute atomic E-state index is 0.0194. The molecule has 3 unspecified atom stereocenters. The van der Waals surface area contributed by atoms with Gasteiger partial charge in [0.25, 0.3) is 0 Å². The number of amides is 7. The number of nitrogens with one attached hydrogen (secondary N) is 3. The van der Waals surface area contributed by atoms with E-state index in [0.29, 0.717) is 69.2 Å². The van der Waals surface area contributed by atoms with Gasteiger partial charge in [-0.25, -0.2) is 9.59 Å². The van der Waals surface area contributed by atoms with E-state index in [-0.39, 0.29) is 135 Å². The first kappa shape index (κ1) is 78.6. The van der Waals surface area contributed by atoms with E-state index in [1.54, 1.807) is 62.1 Å². The van der Waals surface area contributed by atoms with Crippen molar-refractivity contribution in [3.05, 3.63) is 65.7 Å². The largest absolute Gasteiger partial charge is 0.445 e. The van der Waals surface area contributed by atoms with Gasteiger partial charge >= 0.3 is 12.1 Å². The van der Waals surface area contributed by atoms with E-state index in [4.69, 9.17) is 25.7 Å². The van der Waals surface area contributed by atoms with Crippen molar-refractivity contribution >= 4 is 64.6 Å². The molecule has 1 heterocycles. The number of nitrogens with zero attached hydrogens (tertiary/aromatic N) is 3. The van der Waals surface area contributed by atoms with Crippen LogP contribution in [0.5, 0.6) is 0 Å². The van der Waals surface area contributed by atoms with Crippen LogP contribution in [0, 0.1) is 47.3 Å². The monoisotopic (exact) mass is 1270 g/mol. The Morgan fingerprint density at radius 3 is 1.95 bits per heavy atom. The second-order valence-corrected chi connectivity index (χ2v) is 26.0. The normalized spacial score (nSPS) is 16.9. The van der Waals surface area contributed by atoms with Crippen molar-refractivity contribution in [2.75, 3.05) is 53.3 Å². The number of ether oxygens (including phenoxy) is 3. The smallest absolute Gasteiger partial charge is 0.410 e. The van der Waals surface area contributed by atoms with Crippen molar-refractivity contribution in [2.45, 2.75) is 208 Å². The number of aliphatic hydroxyl groups excluding tert-OH is 1. The molecule has 0 aliphatic carbocycles. The highest BCUT2D eigenvalue weighted by Gasteiger charge is 2.44. The molecule has 0 saturated carbocycles. The second-order valence-electron chi connectivity index (χ2n) is 26.0. The van der Waals surface area contributed by atoms with Crippen LogP contribution in [0.15, 0.2) is 54.6 Å². The Bertz CT molecular complexity index is 2660. The minimum Gasteiger partial charge on any atom is -0.445 e. The molecule has 2 aromatic carbocycles. The number of hydrogen-bond acceptors (Lipinski definition) is 15. The molecule has 2 aromatic rings. The Morgan fingerprint density at radius 2 is 1.37 bits per heavy atom. The van der Waals surface area contributed by atoms with Crippen LogP contribution < -0.4 is 27.4 Å². The van der Waals surface area contributed by atoms with Crippen LogP contribution in [-0.4, -0.2) is 163 Å². The zero-order valence-electron chi connectivity index (χ0n) is 56.8. The van der Waals surface area contributed by atoms with Gasteiger partial charge in [-0.15, -0.1) is 0 Å². The van der Waals surface area contributed by atoms with Gasteiger partial charge < -0.3 is 61.4 Å². The highest BCUT2D eigenvalue weighted by molar-refractivity contribution is 5.97. The number of rotatable bonds is 42. The molecule has 12 atom stereocenters. The zero-order chi connectivity index (χ0) is 68.2. The molecule has 0 bridgehead atoms. The van der Waals surface area contributed by atoms with Crippen LogP contribution in [0.2, 0.25) is 0 Å². The quantitative estimate of drug-likeness (QED) is 0.0340. The summed E-state index contributed by atoms with van der Waals surface area (Å²) in [4.78, 5) is 140. The lowest BCUT2D eigenvalue weighted by Gasteiger charge is -2.41. The third-order valence-electron chi connectivity index (χ3n) is 18.1. The van der Waals surface area contributed by atoms with Gasteiger partial charge in [-0.3, -0.25) is 38.4 Å². The number of urea groups is 1. The number of anilines is 1. The van der Waals surface area contributed by atoms with Gasteiger partial charge in [-0.05, 0) is 91.4 Å². The van der Waals surface area contributed by atoms with Gasteiger partial charge in [0, 0.05) is 96.9 Å². The van der Waals surface area contributed by atoms with Crippen LogP contribution in [0.4, 0.5) is 15.3 Å². The Balaban J connectivity index is 1.69. The third-order valence-corrected chi connectivity index (χ3v) is 18.1. The lowest BCUT2D eigenvalue weighted by molar-refractivity contribution is -0.149. The average molecular weight is 1280 g/mol. The maximum atomic E-state index is 14.9. The summed E-state index contributed by atoms with van der Waals surface area (Å²) in [6.45, 7) is 19.1. The molecule has 1 aliphatic heterocycles. The molecule has 1 saturated heterocycles. The fraction of sp³-hybridized carbons (Fsp3) is 0.681. The summed E-state index contributed by atoms with van der Waals surface area (Å²) in [6, 6.07) is 12.3. The molecule has 0 radical (unpaired) electrons. The maximum absolute atomic E-state index is 14.9. The summed E-state index contributed by atoms with van der Waals surface area (Å²) in [6.07, 6.45) is 1.67. The number of Topliss-reactive ketones (excluding diaryl/α,β-unsaturated/α-hetero) is 4. The molecule has 1 fully saturated rings. The highest BCUT2D eigenvalue weighted by atomic mass is 16.6. The number of methoxy groups -OCH3 is 2. The first-order chi connectivity index (χ1) is 43.0. The summed E-state index contributed by atoms with van der Waals surface area (Å²) in [5.41, 5.74) is 12.3. The summed E-state index contributed by atoms with van der Waals surface area (Å²) in [7, 11) is 6.25. The van der Waals surface area contributed by atoms with E-state index >= 15 is 0 Å². The summed E-state index contributed by atoms with van der Waals surface area (Å²) < 4.78 is 17.9. The average Bonchev–Trinajstić information content (AvgIpc) is 1.85. The Labute approximate surface area is 541 Å². The number of aliphatic hydroxyl groups is 1. The molecule has 3 rings (SSSR count). The first-order valence-electron chi connectivity index (χ1n) is 32.8. The Hall–Kier alpha value is -6.62. The van der Waals surface area contributed by atoms with Crippen LogP contribution >= 0.6 is 0 Å². The van der Waals surface area contributed by atoms with E-state index in [0.717, 1.165) is 5.56 Å². The second kappa shape index (κ2) is 39.7.